The largest absolute Gasteiger partial charge is 0.328 e. The summed E-state index contributed by atoms with van der Waals surface area (Å²) in [6, 6.07) is 3.90. The number of nitrogens with one attached hydrogen (secondary N) is 1. The molecule has 1 saturated heterocycles. The molecule has 86 valence electrons. The molecule has 1 aromatic heterocycles. The molecule has 1 fully saturated rings. The van der Waals surface area contributed by atoms with Crippen molar-refractivity contribution in [2.24, 2.45) is 4.99 Å². The van der Waals surface area contributed by atoms with Crippen LogP contribution < -0.4 is 5.32 Å². The fourth-order valence-corrected chi connectivity index (χ4v) is 2.95. The molecule has 0 aliphatic carbocycles. The van der Waals surface area contributed by atoms with E-state index in [1.165, 1.54) is 0 Å². The number of hydrogen-bond acceptors (Lipinski definition) is 4. The van der Waals surface area contributed by atoms with Crippen LogP contribution in [0.5, 0.6) is 0 Å². The van der Waals surface area contributed by atoms with Crippen molar-refractivity contribution in [1.82, 2.24) is 10.3 Å². The van der Waals surface area contributed by atoms with Crippen molar-refractivity contribution in [3.63, 3.8) is 0 Å². The van der Waals surface area contributed by atoms with Gasteiger partial charge in [-0.25, -0.2) is 9.98 Å². The van der Waals surface area contributed by atoms with Crippen molar-refractivity contribution in [3.05, 3.63) is 36.2 Å². The quantitative estimate of drug-likeness (QED) is 0.815. The Labute approximate surface area is 103 Å². The number of carbonyl (C=O) groups excluding carboxylic acids is 1. The number of hydrogen-bond donors (Lipinski definition) is 1. The van der Waals surface area contributed by atoms with Crippen LogP contribution in [0.15, 0.2) is 35.6 Å². The molecule has 17 heavy (non-hydrogen) atoms. The molecule has 0 spiro atoms. The molecule has 1 N–H and O–H groups in total. The number of amides is 1. The Bertz CT molecular complexity index is 538. The van der Waals surface area contributed by atoms with Gasteiger partial charge >= 0.3 is 0 Å². The van der Waals surface area contributed by atoms with Crippen LogP contribution in [0.3, 0.4) is 0 Å². The van der Waals surface area contributed by atoms with Crippen LogP contribution >= 0.6 is 11.8 Å². The van der Waals surface area contributed by atoms with Crippen LogP contribution in [-0.2, 0) is 11.2 Å². The second-order valence-corrected chi connectivity index (χ2v) is 5.14. The number of rotatable bonds is 1. The highest BCUT2D eigenvalue weighted by Crippen LogP contribution is 2.30. The van der Waals surface area contributed by atoms with E-state index < -0.39 is 0 Å². The summed E-state index contributed by atoms with van der Waals surface area (Å²) in [7, 11) is 0. The number of pyridine rings is 1. The van der Waals surface area contributed by atoms with Crippen molar-refractivity contribution in [2.45, 2.75) is 11.7 Å². The fraction of sp³-hybridized carbons (Fsp3) is 0.250. The smallest absolute Gasteiger partial charge is 0.243 e. The van der Waals surface area contributed by atoms with Crippen molar-refractivity contribution in [1.29, 1.82) is 0 Å². The molecule has 5 heteroatoms. The highest BCUT2D eigenvalue weighted by Gasteiger charge is 2.32. The molecule has 3 rings (SSSR count). The molecule has 0 aromatic carbocycles. The zero-order valence-corrected chi connectivity index (χ0v) is 9.96. The Morgan fingerprint density at radius 2 is 2.41 bits per heavy atom. The monoisotopic (exact) mass is 245 g/mol. The Morgan fingerprint density at radius 1 is 1.53 bits per heavy atom. The van der Waals surface area contributed by atoms with E-state index in [4.69, 9.17) is 0 Å². The van der Waals surface area contributed by atoms with Gasteiger partial charge in [0.2, 0.25) is 5.91 Å². The molecule has 3 heterocycles. The summed E-state index contributed by atoms with van der Waals surface area (Å²) < 4.78 is 0. The van der Waals surface area contributed by atoms with Crippen LogP contribution in [0.4, 0.5) is 5.82 Å². The molecule has 1 aromatic rings. The molecule has 0 saturated carbocycles. The zero-order chi connectivity index (χ0) is 11.8. The van der Waals surface area contributed by atoms with Crippen molar-refractivity contribution >= 4 is 29.2 Å². The first-order chi connectivity index (χ1) is 8.24. The number of fused-ring (bicyclic) bond motifs is 1. The molecular formula is C12H11N3OS. The van der Waals surface area contributed by atoms with Crippen molar-refractivity contribution < 1.29 is 4.79 Å². The average Bonchev–Trinajstić information content (AvgIpc) is 2.72. The van der Waals surface area contributed by atoms with Crippen LogP contribution in [0.1, 0.15) is 5.56 Å². The van der Waals surface area contributed by atoms with Crippen LogP contribution in [-0.4, -0.2) is 27.6 Å². The third-order valence-electron chi connectivity index (χ3n) is 2.75. The minimum Gasteiger partial charge on any atom is -0.328 e. The molecular weight excluding hydrogens is 234 g/mol. The lowest BCUT2D eigenvalue weighted by Crippen LogP contribution is -2.42. The highest BCUT2D eigenvalue weighted by molar-refractivity contribution is 8.01. The van der Waals surface area contributed by atoms with E-state index in [0.29, 0.717) is 0 Å². The van der Waals surface area contributed by atoms with Gasteiger partial charge in [0, 0.05) is 35.3 Å². The minimum absolute atomic E-state index is 0.0159. The first kappa shape index (κ1) is 10.5. The molecule has 1 atom stereocenters. The van der Waals surface area contributed by atoms with Gasteiger partial charge in [-0.05, 0) is 6.07 Å². The third-order valence-corrected chi connectivity index (χ3v) is 4.09. The topological polar surface area (TPSA) is 54.4 Å². The molecule has 4 nitrogen and oxygen atoms in total. The summed E-state index contributed by atoms with van der Waals surface area (Å²) >= 11 is 1.58. The SMILES string of the molecule is C=C1CSC(C2=Nc3ncccc3C2)C(=O)N1. The normalized spacial score (nSPS) is 23.1. The van der Waals surface area contributed by atoms with Crippen LogP contribution in [0, 0.1) is 0 Å². The lowest BCUT2D eigenvalue weighted by Gasteiger charge is -2.22. The summed E-state index contributed by atoms with van der Waals surface area (Å²) in [6.45, 7) is 3.76. The van der Waals surface area contributed by atoms with Gasteiger partial charge in [0.25, 0.3) is 0 Å². The maximum Gasteiger partial charge on any atom is 0.243 e. The first-order valence-corrected chi connectivity index (χ1v) is 6.40. The predicted molar refractivity (Wildman–Crippen MR) is 68.6 cm³/mol. The summed E-state index contributed by atoms with van der Waals surface area (Å²) in [5, 5.41) is 2.58. The second kappa shape index (κ2) is 4.00. The second-order valence-electron chi connectivity index (χ2n) is 4.05. The first-order valence-electron chi connectivity index (χ1n) is 5.35. The number of aromatic nitrogens is 1. The van der Waals surface area contributed by atoms with E-state index in [1.54, 1.807) is 18.0 Å². The number of thioether (sulfide) groups is 1. The molecule has 2 aliphatic heterocycles. The molecule has 2 aliphatic rings. The Morgan fingerprint density at radius 3 is 3.18 bits per heavy atom. The number of carbonyl (C=O) groups is 1. The van der Waals surface area contributed by atoms with Crippen molar-refractivity contribution in [2.75, 3.05) is 5.75 Å². The number of aliphatic imine (C=N–C) groups is 1. The molecule has 1 amide bonds. The summed E-state index contributed by atoms with van der Waals surface area (Å²) in [5.74, 6) is 1.48. The van der Waals surface area contributed by atoms with Gasteiger partial charge in [0.15, 0.2) is 5.82 Å². The molecule has 0 radical (unpaired) electrons. The van der Waals surface area contributed by atoms with Gasteiger partial charge in [0.05, 0.1) is 0 Å². The van der Waals surface area contributed by atoms with E-state index in [1.807, 2.05) is 12.1 Å². The van der Waals surface area contributed by atoms with Crippen LogP contribution in [0.2, 0.25) is 0 Å². The maximum absolute atomic E-state index is 11.8. The highest BCUT2D eigenvalue weighted by atomic mass is 32.2. The average molecular weight is 245 g/mol. The summed E-state index contributed by atoms with van der Waals surface area (Å²) in [4.78, 5) is 20.5. The molecule has 0 bridgehead atoms. The standard InChI is InChI=1S/C12H11N3OS/c1-7-6-17-10(12(16)14-7)9-5-8-3-2-4-13-11(8)15-9/h2-4,10H,1,5-6H2,(H,14,16). The Hall–Kier alpha value is -1.62. The Kier molecular flexibility index (Phi) is 2.48. The Balaban J connectivity index is 1.84. The van der Waals surface area contributed by atoms with E-state index in [-0.39, 0.29) is 11.2 Å². The number of nitrogens with zero attached hydrogens (tertiary/aromatic N) is 2. The van der Waals surface area contributed by atoms with Gasteiger partial charge in [-0.1, -0.05) is 12.6 Å². The summed E-state index contributed by atoms with van der Waals surface area (Å²) in [5.41, 5.74) is 2.76. The van der Waals surface area contributed by atoms with Gasteiger partial charge in [0.1, 0.15) is 5.25 Å². The maximum atomic E-state index is 11.8. The van der Waals surface area contributed by atoms with Crippen molar-refractivity contribution in [3.8, 4) is 0 Å². The van der Waals surface area contributed by atoms with Gasteiger partial charge in [-0.3, -0.25) is 4.79 Å². The lowest BCUT2D eigenvalue weighted by atomic mass is 10.1. The lowest BCUT2D eigenvalue weighted by molar-refractivity contribution is -0.118. The van der Waals surface area contributed by atoms with E-state index >= 15 is 0 Å². The predicted octanol–water partition coefficient (Wildman–Crippen LogP) is 1.46. The zero-order valence-electron chi connectivity index (χ0n) is 9.14. The van der Waals surface area contributed by atoms with Crippen LogP contribution in [0.25, 0.3) is 0 Å². The van der Waals surface area contributed by atoms with E-state index in [9.17, 15) is 4.79 Å². The van der Waals surface area contributed by atoms with Gasteiger partial charge in [-0.15, -0.1) is 11.8 Å². The molecule has 1 unspecified atom stereocenters. The minimum atomic E-state index is -0.199. The van der Waals surface area contributed by atoms with Gasteiger partial charge in [-0.2, -0.15) is 0 Å². The van der Waals surface area contributed by atoms with E-state index in [2.05, 4.69) is 21.9 Å². The van der Waals surface area contributed by atoms with E-state index in [0.717, 1.165) is 35.0 Å². The third kappa shape index (κ3) is 1.86. The fourth-order valence-electron chi connectivity index (χ4n) is 1.97. The summed E-state index contributed by atoms with van der Waals surface area (Å²) in [6.07, 6.45) is 2.45. The van der Waals surface area contributed by atoms with Gasteiger partial charge < -0.3 is 5.32 Å².